The molecular formula is C23H23N5O2. The zero-order valence-corrected chi connectivity index (χ0v) is 16.9. The molecule has 1 aliphatic rings. The molecule has 0 aliphatic carbocycles. The Morgan fingerprint density at radius 3 is 2.60 bits per heavy atom. The summed E-state index contributed by atoms with van der Waals surface area (Å²) in [6, 6.07) is 16.8. The fourth-order valence-electron chi connectivity index (χ4n) is 3.49. The van der Waals surface area contributed by atoms with Gasteiger partial charge in [-0.05, 0) is 30.2 Å². The number of amides is 2. The molecule has 0 fully saturated rings. The SMILES string of the molecule is Cc1cccc(N2N=C(C(=O)NC(c3ccccc3)c3nccn3C)CCC2=O)c1. The van der Waals surface area contributed by atoms with Gasteiger partial charge in [0, 0.05) is 32.3 Å². The minimum absolute atomic E-state index is 0.124. The van der Waals surface area contributed by atoms with Crippen molar-refractivity contribution in [2.24, 2.45) is 12.1 Å². The molecule has 0 bridgehead atoms. The minimum atomic E-state index is -0.425. The van der Waals surface area contributed by atoms with E-state index in [-0.39, 0.29) is 18.2 Å². The van der Waals surface area contributed by atoms with Crippen LogP contribution < -0.4 is 10.3 Å². The number of benzene rings is 2. The third kappa shape index (κ3) is 4.00. The van der Waals surface area contributed by atoms with Crippen molar-refractivity contribution in [1.29, 1.82) is 0 Å². The maximum atomic E-state index is 13.1. The first-order chi connectivity index (χ1) is 14.5. The Morgan fingerprint density at radius 1 is 1.10 bits per heavy atom. The summed E-state index contributed by atoms with van der Waals surface area (Å²) < 4.78 is 1.88. The second-order valence-corrected chi connectivity index (χ2v) is 7.30. The van der Waals surface area contributed by atoms with Gasteiger partial charge in [0.15, 0.2) is 0 Å². The quantitative estimate of drug-likeness (QED) is 0.713. The Morgan fingerprint density at radius 2 is 1.90 bits per heavy atom. The lowest BCUT2D eigenvalue weighted by Crippen LogP contribution is -2.41. The number of nitrogens with one attached hydrogen (secondary N) is 1. The van der Waals surface area contributed by atoms with Gasteiger partial charge in [-0.15, -0.1) is 0 Å². The molecule has 0 saturated carbocycles. The summed E-state index contributed by atoms with van der Waals surface area (Å²) in [5.74, 6) is 0.287. The first-order valence-corrected chi connectivity index (χ1v) is 9.83. The van der Waals surface area contributed by atoms with Crippen molar-refractivity contribution < 1.29 is 9.59 Å². The van der Waals surface area contributed by atoms with Crippen LogP contribution in [0.2, 0.25) is 0 Å². The number of carbonyl (C=O) groups is 2. The molecule has 7 heteroatoms. The summed E-state index contributed by atoms with van der Waals surface area (Å²) in [7, 11) is 1.89. The molecule has 152 valence electrons. The zero-order valence-electron chi connectivity index (χ0n) is 16.9. The number of aryl methyl sites for hydroxylation is 2. The smallest absolute Gasteiger partial charge is 0.268 e. The van der Waals surface area contributed by atoms with E-state index in [0.29, 0.717) is 17.8 Å². The molecule has 1 N–H and O–H groups in total. The summed E-state index contributed by atoms with van der Waals surface area (Å²) in [4.78, 5) is 30.0. The summed E-state index contributed by atoms with van der Waals surface area (Å²) in [5.41, 5.74) is 2.93. The number of imidazole rings is 1. The molecule has 7 nitrogen and oxygen atoms in total. The van der Waals surface area contributed by atoms with Crippen molar-refractivity contribution in [3.63, 3.8) is 0 Å². The van der Waals surface area contributed by atoms with Crippen LogP contribution in [0, 0.1) is 6.92 Å². The number of carbonyl (C=O) groups excluding carboxylic acids is 2. The van der Waals surface area contributed by atoms with Crippen LogP contribution in [0.1, 0.15) is 35.8 Å². The highest BCUT2D eigenvalue weighted by molar-refractivity contribution is 6.40. The molecule has 1 atom stereocenters. The number of hydrogen-bond acceptors (Lipinski definition) is 4. The van der Waals surface area contributed by atoms with Crippen LogP contribution in [0.4, 0.5) is 5.69 Å². The summed E-state index contributed by atoms with van der Waals surface area (Å²) in [5, 5.41) is 8.76. The predicted molar refractivity (Wildman–Crippen MR) is 115 cm³/mol. The molecule has 1 unspecified atom stereocenters. The van der Waals surface area contributed by atoms with Gasteiger partial charge in [-0.25, -0.2) is 9.99 Å². The lowest BCUT2D eigenvalue weighted by Gasteiger charge is -2.25. The molecule has 3 aromatic rings. The van der Waals surface area contributed by atoms with Gasteiger partial charge in [0.25, 0.3) is 5.91 Å². The van der Waals surface area contributed by atoms with Crippen LogP contribution in [-0.2, 0) is 16.6 Å². The van der Waals surface area contributed by atoms with E-state index in [1.54, 1.807) is 6.20 Å². The fourth-order valence-corrected chi connectivity index (χ4v) is 3.49. The predicted octanol–water partition coefficient (Wildman–Crippen LogP) is 3.12. The topological polar surface area (TPSA) is 79.6 Å². The average Bonchev–Trinajstić information content (AvgIpc) is 3.18. The largest absolute Gasteiger partial charge is 0.337 e. The van der Waals surface area contributed by atoms with Crippen LogP contribution in [0.15, 0.2) is 72.1 Å². The fraction of sp³-hybridized carbons (Fsp3) is 0.217. The Labute approximate surface area is 175 Å². The van der Waals surface area contributed by atoms with E-state index in [1.807, 2.05) is 79.3 Å². The second-order valence-electron chi connectivity index (χ2n) is 7.30. The number of rotatable bonds is 5. The highest BCUT2D eigenvalue weighted by Gasteiger charge is 2.28. The molecule has 0 saturated heterocycles. The Kier molecular flexibility index (Phi) is 5.43. The van der Waals surface area contributed by atoms with Crippen molar-refractivity contribution in [3.05, 3.63) is 83.9 Å². The van der Waals surface area contributed by atoms with Gasteiger partial charge in [0.2, 0.25) is 5.91 Å². The van der Waals surface area contributed by atoms with Crippen molar-refractivity contribution >= 4 is 23.2 Å². The van der Waals surface area contributed by atoms with E-state index in [9.17, 15) is 9.59 Å². The molecular weight excluding hydrogens is 378 g/mol. The highest BCUT2D eigenvalue weighted by Crippen LogP contribution is 2.23. The van der Waals surface area contributed by atoms with Crippen LogP contribution in [0.5, 0.6) is 0 Å². The molecule has 2 amide bonds. The van der Waals surface area contributed by atoms with Gasteiger partial charge in [-0.1, -0.05) is 42.5 Å². The number of aromatic nitrogens is 2. The van der Waals surface area contributed by atoms with Crippen LogP contribution in [0.3, 0.4) is 0 Å². The van der Waals surface area contributed by atoms with Gasteiger partial charge >= 0.3 is 0 Å². The van der Waals surface area contributed by atoms with Gasteiger partial charge in [-0.3, -0.25) is 9.59 Å². The van der Waals surface area contributed by atoms with E-state index >= 15 is 0 Å². The van der Waals surface area contributed by atoms with E-state index in [0.717, 1.165) is 17.0 Å². The van der Waals surface area contributed by atoms with E-state index < -0.39 is 6.04 Å². The molecule has 1 aromatic heterocycles. The molecule has 2 heterocycles. The molecule has 0 spiro atoms. The maximum Gasteiger partial charge on any atom is 0.268 e. The average molecular weight is 401 g/mol. The first-order valence-electron chi connectivity index (χ1n) is 9.83. The number of hydrogen-bond donors (Lipinski definition) is 1. The van der Waals surface area contributed by atoms with E-state index in [1.165, 1.54) is 5.01 Å². The van der Waals surface area contributed by atoms with Gasteiger partial charge < -0.3 is 9.88 Å². The third-order valence-electron chi connectivity index (χ3n) is 5.07. The number of nitrogens with zero attached hydrogens (tertiary/aromatic N) is 4. The lowest BCUT2D eigenvalue weighted by molar-refractivity contribution is -0.119. The highest BCUT2D eigenvalue weighted by atomic mass is 16.2. The van der Waals surface area contributed by atoms with Crippen molar-refractivity contribution in [2.45, 2.75) is 25.8 Å². The third-order valence-corrected chi connectivity index (χ3v) is 5.07. The lowest BCUT2D eigenvalue weighted by atomic mass is 10.0. The standard InChI is InChI=1S/C23H23N5O2/c1-16-7-6-10-18(15-16)28-20(29)12-11-19(26-28)23(30)25-21(17-8-4-3-5-9-17)22-24-13-14-27(22)2/h3-10,13-15,21H,11-12H2,1-2H3,(H,25,30). The zero-order chi connectivity index (χ0) is 21.1. The monoisotopic (exact) mass is 401 g/mol. The summed E-state index contributed by atoms with van der Waals surface area (Å²) >= 11 is 0. The molecule has 30 heavy (non-hydrogen) atoms. The van der Waals surface area contributed by atoms with Crippen molar-refractivity contribution in [3.8, 4) is 0 Å². The number of hydrazone groups is 1. The summed E-state index contributed by atoms with van der Waals surface area (Å²) in [6.07, 6.45) is 4.08. The van der Waals surface area contributed by atoms with E-state index in [2.05, 4.69) is 15.4 Å². The van der Waals surface area contributed by atoms with Gasteiger partial charge in [-0.2, -0.15) is 5.10 Å². The Bertz CT molecular complexity index is 1100. The molecule has 1 aliphatic heterocycles. The minimum Gasteiger partial charge on any atom is -0.337 e. The van der Waals surface area contributed by atoms with Gasteiger partial charge in [0.05, 0.1) is 5.69 Å². The van der Waals surface area contributed by atoms with Gasteiger partial charge in [0.1, 0.15) is 17.6 Å². The van der Waals surface area contributed by atoms with E-state index in [4.69, 9.17) is 0 Å². The van der Waals surface area contributed by atoms with Crippen LogP contribution in [0.25, 0.3) is 0 Å². The number of anilines is 1. The Hall–Kier alpha value is -3.74. The summed E-state index contributed by atoms with van der Waals surface area (Å²) in [6.45, 7) is 1.95. The van der Waals surface area contributed by atoms with Crippen LogP contribution in [-0.4, -0.2) is 27.1 Å². The normalized spacial score (nSPS) is 14.9. The molecule has 0 radical (unpaired) electrons. The van der Waals surface area contributed by atoms with Crippen molar-refractivity contribution in [2.75, 3.05) is 5.01 Å². The second kappa shape index (κ2) is 8.32. The van der Waals surface area contributed by atoms with Crippen LogP contribution >= 0.6 is 0 Å². The molecule has 2 aromatic carbocycles. The Balaban J connectivity index is 1.63. The maximum absolute atomic E-state index is 13.1. The van der Waals surface area contributed by atoms with Crippen molar-refractivity contribution in [1.82, 2.24) is 14.9 Å². The molecule has 4 rings (SSSR count). The first kappa shape index (κ1) is 19.6.